The Balaban J connectivity index is 2.65. The van der Waals surface area contributed by atoms with Crippen molar-refractivity contribution in [3.05, 3.63) is 22.2 Å². The maximum absolute atomic E-state index is 11.9. The zero-order chi connectivity index (χ0) is 14.6. The molecule has 0 bridgehead atoms. The van der Waals surface area contributed by atoms with Crippen LogP contribution in [0, 0.1) is 10.1 Å². The first-order valence-electron chi connectivity index (χ1n) is 4.96. The van der Waals surface area contributed by atoms with Crippen LogP contribution in [0.5, 0.6) is 0 Å². The van der Waals surface area contributed by atoms with E-state index < -0.39 is 41.4 Å². The van der Waals surface area contributed by atoms with Crippen molar-refractivity contribution in [3.8, 4) is 0 Å². The predicted octanol–water partition coefficient (Wildman–Crippen LogP) is 1.85. The van der Waals surface area contributed by atoms with Gasteiger partial charge in [-0.2, -0.15) is 13.2 Å². The number of nitrogens with one attached hydrogen (secondary N) is 1. The Kier molecular flexibility index (Phi) is 4.25. The highest BCUT2D eigenvalue weighted by molar-refractivity contribution is 5.90. The SMILES string of the molecule is Nc1nc(NC(=O)CCC(F)(F)F)ccc1[N+](=O)[O-]. The minimum atomic E-state index is -4.43. The van der Waals surface area contributed by atoms with Gasteiger partial charge < -0.3 is 11.1 Å². The number of rotatable bonds is 4. The largest absolute Gasteiger partial charge is 0.389 e. The Bertz CT molecular complexity index is 504. The van der Waals surface area contributed by atoms with Gasteiger partial charge in [0.15, 0.2) is 0 Å². The van der Waals surface area contributed by atoms with Crippen LogP contribution in [-0.2, 0) is 4.79 Å². The molecule has 0 aromatic carbocycles. The van der Waals surface area contributed by atoms with E-state index in [1.807, 2.05) is 0 Å². The van der Waals surface area contributed by atoms with Crippen LogP contribution in [0.2, 0.25) is 0 Å². The Morgan fingerprint density at radius 1 is 1.47 bits per heavy atom. The number of carbonyl (C=O) groups is 1. The Morgan fingerprint density at radius 3 is 2.58 bits per heavy atom. The molecule has 0 saturated carbocycles. The van der Waals surface area contributed by atoms with Gasteiger partial charge >= 0.3 is 11.9 Å². The highest BCUT2D eigenvalue weighted by Gasteiger charge is 2.28. The van der Waals surface area contributed by atoms with Crippen molar-refractivity contribution in [2.75, 3.05) is 11.1 Å². The molecular formula is C9H9F3N4O3. The van der Waals surface area contributed by atoms with E-state index in [2.05, 4.69) is 10.3 Å². The molecule has 0 aliphatic carbocycles. The zero-order valence-corrected chi connectivity index (χ0v) is 9.40. The molecule has 1 aromatic rings. The lowest BCUT2D eigenvalue weighted by molar-refractivity contribution is -0.384. The van der Waals surface area contributed by atoms with Gasteiger partial charge in [-0.25, -0.2) is 4.98 Å². The molecule has 0 aliphatic rings. The number of hydrogen-bond acceptors (Lipinski definition) is 5. The molecule has 0 atom stereocenters. The van der Waals surface area contributed by atoms with Gasteiger partial charge in [0, 0.05) is 12.5 Å². The molecule has 0 unspecified atom stereocenters. The second kappa shape index (κ2) is 5.50. The maximum atomic E-state index is 11.9. The van der Waals surface area contributed by atoms with Gasteiger partial charge in [0.1, 0.15) is 5.82 Å². The third-order valence-corrected chi connectivity index (χ3v) is 2.00. The summed E-state index contributed by atoms with van der Waals surface area (Å²) in [6.07, 6.45) is -6.46. The molecule has 0 radical (unpaired) electrons. The maximum Gasteiger partial charge on any atom is 0.389 e. The lowest BCUT2D eigenvalue weighted by atomic mass is 10.3. The van der Waals surface area contributed by atoms with Crippen LogP contribution in [0.15, 0.2) is 12.1 Å². The van der Waals surface area contributed by atoms with Crippen LogP contribution >= 0.6 is 0 Å². The number of nitrogens with two attached hydrogens (primary N) is 1. The van der Waals surface area contributed by atoms with E-state index in [4.69, 9.17) is 5.73 Å². The van der Waals surface area contributed by atoms with E-state index in [0.717, 1.165) is 12.1 Å². The van der Waals surface area contributed by atoms with E-state index in [-0.39, 0.29) is 5.82 Å². The van der Waals surface area contributed by atoms with E-state index in [0.29, 0.717) is 0 Å². The minimum absolute atomic E-state index is 0.143. The van der Waals surface area contributed by atoms with Crippen molar-refractivity contribution in [2.45, 2.75) is 19.0 Å². The van der Waals surface area contributed by atoms with E-state index in [1.54, 1.807) is 0 Å². The standard InChI is InChI=1S/C9H9F3N4O3/c10-9(11,12)4-3-7(17)14-6-2-1-5(16(18)19)8(13)15-6/h1-2H,3-4H2,(H3,13,14,15,17). The summed E-state index contributed by atoms with van der Waals surface area (Å²) in [6, 6.07) is 2.09. The third kappa shape index (κ3) is 4.77. The number of nitrogens with zero attached hydrogens (tertiary/aromatic N) is 2. The molecule has 0 aliphatic heterocycles. The molecule has 0 spiro atoms. The number of nitrogen functional groups attached to an aromatic ring is 1. The summed E-state index contributed by atoms with van der Waals surface area (Å²) in [6.45, 7) is 0. The average Bonchev–Trinajstić information content (AvgIpc) is 2.25. The summed E-state index contributed by atoms with van der Waals surface area (Å²) in [7, 11) is 0. The van der Waals surface area contributed by atoms with Crippen molar-refractivity contribution in [1.82, 2.24) is 4.98 Å². The van der Waals surface area contributed by atoms with Crippen LogP contribution in [0.4, 0.5) is 30.5 Å². The molecule has 1 rings (SSSR count). The van der Waals surface area contributed by atoms with Gasteiger partial charge in [-0.05, 0) is 6.07 Å². The van der Waals surface area contributed by atoms with E-state index in [1.165, 1.54) is 0 Å². The van der Waals surface area contributed by atoms with E-state index >= 15 is 0 Å². The monoisotopic (exact) mass is 278 g/mol. The van der Waals surface area contributed by atoms with Crippen LogP contribution in [0.1, 0.15) is 12.8 Å². The molecule has 3 N–H and O–H groups in total. The Morgan fingerprint density at radius 2 is 2.11 bits per heavy atom. The van der Waals surface area contributed by atoms with Gasteiger partial charge in [-0.3, -0.25) is 14.9 Å². The first-order chi connectivity index (χ1) is 8.69. The number of anilines is 2. The fraction of sp³-hybridized carbons (Fsp3) is 0.333. The number of aromatic nitrogens is 1. The Hall–Kier alpha value is -2.39. The Labute approximate surface area is 104 Å². The molecule has 1 amide bonds. The number of nitro groups is 1. The normalized spacial score (nSPS) is 11.1. The summed E-state index contributed by atoms with van der Waals surface area (Å²) < 4.78 is 35.6. The second-order valence-electron chi connectivity index (χ2n) is 3.52. The van der Waals surface area contributed by atoms with Gasteiger partial charge in [0.25, 0.3) is 0 Å². The van der Waals surface area contributed by atoms with Gasteiger partial charge in [-0.1, -0.05) is 0 Å². The molecular weight excluding hydrogens is 269 g/mol. The fourth-order valence-corrected chi connectivity index (χ4v) is 1.15. The second-order valence-corrected chi connectivity index (χ2v) is 3.52. The van der Waals surface area contributed by atoms with E-state index in [9.17, 15) is 28.1 Å². The van der Waals surface area contributed by atoms with Crippen LogP contribution in [-0.4, -0.2) is 22.0 Å². The topological polar surface area (TPSA) is 111 Å². The first-order valence-corrected chi connectivity index (χ1v) is 4.96. The third-order valence-electron chi connectivity index (χ3n) is 2.00. The lowest BCUT2D eigenvalue weighted by Crippen LogP contribution is -2.17. The zero-order valence-electron chi connectivity index (χ0n) is 9.40. The van der Waals surface area contributed by atoms with Crippen molar-refractivity contribution in [3.63, 3.8) is 0 Å². The summed E-state index contributed by atoms with van der Waals surface area (Å²) in [5.74, 6) is -1.48. The smallest absolute Gasteiger partial charge is 0.378 e. The minimum Gasteiger partial charge on any atom is -0.378 e. The predicted molar refractivity (Wildman–Crippen MR) is 59.2 cm³/mol. The summed E-state index contributed by atoms with van der Waals surface area (Å²) >= 11 is 0. The highest BCUT2D eigenvalue weighted by atomic mass is 19.4. The summed E-state index contributed by atoms with van der Waals surface area (Å²) in [5, 5.41) is 12.5. The molecule has 0 fully saturated rings. The van der Waals surface area contributed by atoms with Gasteiger partial charge in [0.2, 0.25) is 11.7 Å². The molecule has 7 nitrogen and oxygen atoms in total. The van der Waals surface area contributed by atoms with Crippen LogP contribution in [0.25, 0.3) is 0 Å². The number of halogens is 3. The summed E-state index contributed by atoms with van der Waals surface area (Å²) in [4.78, 5) is 24.3. The quantitative estimate of drug-likeness (QED) is 0.644. The molecule has 0 saturated heterocycles. The van der Waals surface area contributed by atoms with Crippen molar-refractivity contribution in [1.29, 1.82) is 0 Å². The molecule has 104 valence electrons. The van der Waals surface area contributed by atoms with Crippen molar-refractivity contribution in [2.24, 2.45) is 0 Å². The van der Waals surface area contributed by atoms with Crippen LogP contribution in [0.3, 0.4) is 0 Å². The number of carbonyl (C=O) groups excluding carboxylic acids is 1. The number of alkyl halides is 3. The summed E-state index contributed by atoms with van der Waals surface area (Å²) in [5.41, 5.74) is 4.81. The highest BCUT2D eigenvalue weighted by Crippen LogP contribution is 2.23. The van der Waals surface area contributed by atoms with Gasteiger partial charge in [0.05, 0.1) is 11.3 Å². The molecule has 19 heavy (non-hydrogen) atoms. The average molecular weight is 278 g/mol. The number of pyridine rings is 1. The first kappa shape index (κ1) is 14.7. The molecule has 1 aromatic heterocycles. The van der Waals surface area contributed by atoms with Gasteiger partial charge in [-0.15, -0.1) is 0 Å². The lowest BCUT2D eigenvalue weighted by Gasteiger charge is -2.07. The fourth-order valence-electron chi connectivity index (χ4n) is 1.15. The van der Waals surface area contributed by atoms with Crippen LogP contribution < -0.4 is 11.1 Å². The number of amides is 1. The molecule has 10 heteroatoms. The molecule has 1 heterocycles. The van der Waals surface area contributed by atoms with Crippen molar-refractivity contribution >= 4 is 23.2 Å². The van der Waals surface area contributed by atoms with Crippen molar-refractivity contribution < 1.29 is 22.9 Å². The number of hydrogen-bond donors (Lipinski definition) is 2.